The number of hydrogen-bond donors (Lipinski definition) is 0. The molecule has 1 fully saturated rings. The van der Waals surface area contributed by atoms with Gasteiger partial charge in [0.15, 0.2) is 5.78 Å². The Labute approximate surface area is 144 Å². The molecule has 4 rings (SSSR count). The fourth-order valence-electron chi connectivity index (χ4n) is 3.39. The summed E-state index contributed by atoms with van der Waals surface area (Å²) in [6, 6.07) is 10.6. The molecule has 7 heteroatoms. The van der Waals surface area contributed by atoms with E-state index in [1.54, 1.807) is 23.6 Å². The molecule has 2 aromatic rings. The summed E-state index contributed by atoms with van der Waals surface area (Å²) < 4.78 is 33.2. The Balaban J connectivity index is 1.54. The van der Waals surface area contributed by atoms with Gasteiger partial charge in [0.05, 0.1) is 12.0 Å². The molecule has 1 aromatic heterocycles. The molecular formula is C17H17NO4S2. The number of benzene rings is 1. The number of hydrogen-bond acceptors (Lipinski definition) is 5. The van der Waals surface area contributed by atoms with Crippen LogP contribution in [0.25, 0.3) is 0 Å². The number of para-hydroxylation sites is 1. The van der Waals surface area contributed by atoms with Crippen molar-refractivity contribution in [2.45, 2.75) is 29.1 Å². The third kappa shape index (κ3) is 2.56. The molecule has 0 saturated carbocycles. The van der Waals surface area contributed by atoms with E-state index in [2.05, 4.69) is 0 Å². The molecule has 2 aliphatic rings. The van der Waals surface area contributed by atoms with Crippen molar-refractivity contribution in [1.82, 2.24) is 4.31 Å². The molecule has 1 spiro atoms. The van der Waals surface area contributed by atoms with E-state index in [1.165, 1.54) is 15.6 Å². The monoisotopic (exact) mass is 363 g/mol. The van der Waals surface area contributed by atoms with Crippen molar-refractivity contribution >= 4 is 27.1 Å². The van der Waals surface area contributed by atoms with Gasteiger partial charge >= 0.3 is 0 Å². The second kappa shape index (κ2) is 5.68. The van der Waals surface area contributed by atoms with Crippen LogP contribution in [0.15, 0.2) is 46.0 Å². The van der Waals surface area contributed by atoms with Crippen LogP contribution >= 0.6 is 11.3 Å². The van der Waals surface area contributed by atoms with Gasteiger partial charge in [-0.2, -0.15) is 4.31 Å². The second-order valence-electron chi connectivity index (χ2n) is 6.22. The summed E-state index contributed by atoms with van der Waals surface area (Å²) >= 11 is 1.23. The fourth-order valence-corrected chi connectivity index (χ4v) is 5.98. The summed E-state index contributed by atoms with van der Waals surface area (Å²) in [5, 5.41) is 1.76. The van der Waals surface area contributed by atoms with E-state index >= 15 is 0 Å². The number of Topliss-reactive ketones (excluding diaryl/α,β-unsaturated/α-hetero) is 1. The van der Waals surface area contributed by atoms with Gasteiger partial charge in [0, 0.05) is 25.9 Å². The Hall–Kier alpha value is -1.70. The van der Waals surface area contributed by atoms with Gasteiger partial charge in [-0.15, -0.1) is 11.3 Å². The lowest BCUT2D eigenvalue weighted by atomic mass is 9.83. The molecule has 3 heterocycles. The first-order valence-corrected chi connectivity index (χ1v) is 10.2. The number of carbonyl (C=O) groups excluding carboxylic acids is 1. The Bertz CT molecular complexity index is 866. The van der Waals surface area contributed by atoms with Crippen molar-refractivity contribution in [2.24, 2.45) is 0 Å². The van der Waals surface area contributed by atoms with Crippen molar-refractivity contribution in [3.63, 3.8) is 0 Å². The fraction of sp³-hybridized carbons (Fsp3) is 0.353. The van der Waals surface area contributed by atoms with E-state index in [1.807, 2.05) is 18.2 Å². The number of ether oxygens (including phenoxy) is 1. The lowest BCUT2D eigenvalue weighted by Gasteiger charge is -2.43. The largest absolute Gasteiger partial charge is 0.486 e. The van der Waals surface area contributed by atoms with Gasteiger partial charge in [-0.1, -0.05) is 18.2 Å². The van der Waals surface area contributed by atoms with Crippen LogP contribution in [-0.4, -0.2) is 37.2 Å². The predicted octanol–water partition coefficient (Wildman–Crippen LogP) is 2.94. The smallest absolute Gasteiger partial charge is 0.252 e. The van der Waals surface area contributed by atoms with Gasteiger partial charge in [-0.3, -0.25) is 4.79 Å². The summed E-state index contributed by atoms with van der Waals surface area (Å²) in [4.78, 5) is 12.4. The highest BCUT2D eigenvalue weighted by molar-refractivity contribution is 7.91. The average Bonchev–Trinajstić information content (AvgIpc) is 3.10. The molecular weight excluding hydrogens is 346 g/mol. The van der Waals surface area contributed by atoms with Crippen molar-refractivity contribution in [1.29, 1.82) is 0 Å². The van der Waals surface area contributed by atoms with Gasteiger partial charge in [-0.25, -0.2) is 8.42 Å². The number of nitrogens with zero attached hydrogens (tertiary/aromatic N) is 1. The Morgan fingerprint density at radius 2 is 1.83 bits per heavy atom. The van der Waals surface area contributed by atoms with Gasteiger partial charge in [0.1, 0.15) is 15.6 Å². The third-order valence-corrected chi connectivity index (χ3v) is 7.99. The van der Waals surface area contributed by atoms with Crippen LogP contribution < -0.4 is 4.74 Å². The van der Waals surface area contributed by atoms with E-state index in [9.17, 15) is 13.2 Å². The molecule has 24 heavy (non-hydrogen) atoms. The van der Waals surface area contributed by atoms with Gasteiger partial charge in [-0.05, 0) is 23.6 Å². The molecule has 0 aliphatic carbocycles. The zero-order valence-electron chi connectivity index (χ0n) is 13.0. The van der Waals surface area contributed by atoms with Crippen LogP contribution in [0.2, 0.25) is 0 Å². The molecule has 1 aromatic carbocycles. The van der Waals surface area contributed by atoms with Gasteiger partial charge in [0.25, 0.3) is 10.0 Å². The Kier molecular flexibility index (Phi) is 3.74. The van der Waals surface area contributed by atoms with Crippen LogP contribution in [0.5, 0.6) is 5.75 Å². The molecule has 0 bridgehead atoms. The van der Waals surface area contributed by atoms with E-state index in [4.69, 9.17) is 4.74 Å². The van der Waals surface area contributed by atoms with Crippen molar-refractivity contribution < 1.29 is 17.9 Å². The highest BCUT2D eigenvalue weighted by Gasteiger charge is 2.45. The maximum Gasteiger partial charge on any atom is 0.252 e. The number of ketones is 1. The molecule has 0 atom stereocenters. The average molecular weight is 363 g/mol. The van der Waals surface area contributed by atoms with Crippen molar-refractivity contribution in [3.8, 4) is 5.75 Å². The number of rotatable bonds is 2. The lowest BCUT2D eigenvalue weighted by molar-refractivity contribution is 0.00594. The summed E-state index contributed by atoms with van der Waals surface area (Å²) in [7, 11) is -3.44. The van der Waals surface area contributed by atoms with Crippen LogP contribution in [0.3, 0.4) is 0 Å². The standard InChI is InChI=1S/C17H17NO4S2/c19-14-12-17(22-15-5-2-1-4-13(14)15)7-9-18(10-8-17)24(20,21)16-6-3-11-23-16/h1-6,11H,7-10,12H2. The van der Waals surface area contributed by atoms with Gasteiger partial charge in [0.2, 0.25) is 0 Å². The molecule has 0 N–H and O–H groups in total. The second-order valence-corrected chi connectivity index (χ2v) is 9.33. The minimum atomic E-state index is -3.44. The van der Waals surface area contributed by atoms with Crippen LogP contribution in [-0.2, 0) is 10.0 Å². The van der Waals surface area contributed by atoms with Crippen molar-refractivity contribution in [3.05, 3.63) is 47.3 Å². The quantitative estimate of drug-likeness (QED) is 0.823. The van der Waals surface area contributed by atoms with E-state index < -0.39 is 15.6 Å². The summed E-state index contributed by atoms with van der Waals surface area (Å²) in [6.45, 7) is 0.741. The first-order valence-electron chi connectivity index (χ1n) is 7.85. The molecule has 0 radical (unpaired) electrons. The van der Waals surface area contributed by atoms with Crippen molar-refractivity contribution in [2.75, 3.05) is 13.1 Å². The first-order chi connectivity index (χ1) is 11.5. The summed E-state index contributed by atoms with van der Waals surface area (Å²) in [5.41, 5.74) is 0.0455. The molecule has 126 valence electrons. The van der Waals surface area contributed by atoms with Crippen LogP contribution in [0, 0.1) is 0 Å². The number of fused-ring (bicyclic) bond motifs is 1. The lowest BCUT2D eigenvalue weighted by Crippen LogP contribution is -2.52. The number of sulfonamides is 1. The molecule has 0 unspecified atom stereocenters. The molecule has 0 amide bonds. The van der Waals surface area contributed by atoms with E-state index in [0.717, 1.165) is 0 Å². The minimum Gasteiger partial charge on any atom is -0.486 e. The third-order valence-electron chi connectivity index (χ3n) is 4.72. The highest BCUT2D eigenvalue weighted by atomic mass is 32.2. The molecule has 2 aliphatic heterocycles. The highest BCUT2D eigenvalue weighted by Crippen LogP contribution is 2.40. The SMILES string of the molecule is O=C1CC2(CCN(S(=O)(=O)c3cccs3)CC2)Oc2ccccc21. The predicted molar refractivity (Wildman–Crippen MR) is 91.1 cm³/mol. The van der Waals surface area contributed by atoms with Gasteiger partial charge < -0.3 is 4.74 Å². The number of carbonyl (C=O) groups is 1. The van der Waals surface area contributed by atoms with Crippen LogP contribution in [0.1, 0.15) is 29.6 Å². The maximum absolute atomic E-state index is 12.6. The van der Waals surface area contributed by atoms with E-state index in [0.29, 0.717) is 47.9 Å². The zero-order chi connectivity index (χ0) is 16.8. The molecule has 1 saturated heterocycles. The summed E-state index contributed by atoms with van der Waals surface area (Å²) in [6.07, 6.45) is 1.37. The Morgan fingerprint density at radius 3 is 2.54 bits per heavy atom. The molecule has 5 nitrogen and oxygen atoms in total. The number of piperidine rings is 1. The first kappa shape index (κ1) is 15.8. The zero-order valence-corrected chi connectivity index (χ0v) is 14.6. The summed E-state index contributed by atoms with van der Waals surface area (Å²) in [5.74, 6) is 0.690. The normalized spacial score (nSPS) is 20.6. The number of thiophene rings is 1. The minimum absolute atomic E-state index is 0.0754. The Morgan fingerprint density at radius 1 is 1.08 bits per heavy atom. The van der Waals surface area contributed by atoms with Crippen LogP contribution in [0.4, 0.5) is 0 Å². The van der Waals surface area contributed by atoms with E-state index in [-0.39, 0.29) is 5.78 Å². The maximum atomic E-state index is 12.6. The topological polar surface area (TPSA) is 63.7 Å².